The SMILES string of the molecule is CCC(=O)O.Nc1ccn([C@@H]2O[C@H](COC(=O)[C@H](N)Cc3cc4ccccc4[nH]3)[C@@H](O)[C@@H]2O)c(=O)n1. The van der Waals surface area contributed by atoms with E-state index in [1.807, 2.05) is 30.3 Å². The van der Waals surface area contributed by atoms with E-state index in [1.54, 1.807) is 6.92 Å². The number of rotatable bonds is 7. The van der Waals surface area contributed by atoms with Crippen molar-refractivity contribution in [1.82, 2.24) is 14.5 Å². The number of carboxylic acids is 1. The Morgan fingerprint density at radius 3 is 2.58 bits per heavy atom. The normalized spacial score (nSPS) is 22.0. The molecule has 13 nitrogen and oxygen atoms in total. The number of nitrogen functional groups attached to an aromatic ring is 1. The van der Waals surface area contributed by atoms with E-state index in [2.05, 4.69) is 9.97 Å². The minimum Gasteiger partial charge on any atom is -0.481 e. The van der Waals surface area contributed by atoms with Crippen LogP contribution in [0.2, 0.25) is 0 Å². The van der Waals surface area contributed by atoms with Crippen LogP contribution in [-0.4, -0.2) is 72.8 Å². The summed E-state index contributed by atoms with van der Waals surface area (Å²) in [5.41, 5.74) is 12.4. The predicted molar refractivity (Wildman–Crippen MR) is 128 cm³/mol. The molecule has 36 heavy (non-hydrogen) atoms. The number of carbonyl (C=O) groups is 2. The van der Waals surface area contributed by atoms with Gasteiger partial charge >= 0.3 is 17.6 Å². The number of benzene rings is 1. The monoisotopic (exact) mass is 503 g/mol. The molecule has 0 radical (unpaired) electrons. The van der Waals surface area contributed by atoms with Gasteiger partial charge in [-0.25, -0.2) is 4.79 Å². The third-order valence-electron chi connectivity index (χ3n) is 5.48. The molecule has 0 bridgehead atoms. The molecule has 0 spiro atoms. The Bertz CT molecular complexity index is 1230. The van der Waals surface area contributed by atoms with Crippen LogP contribution in [0.3, 0.4) is 0 Å². The van der Waals surface area contributed by atoms with Gasteiger partial charge in [0.25, 0.3) is 0 Å². The number of hydrogen-bond acceptors (Lipinski definition) is 10. The number of carbonyl (C=O) groups excluding carboxylic acids is 1. The Hall–Kier alpha value is -3.78. The van der Waals surface area contributed by atoms with Gasteiger partial charge in [0.05, 0.1) is 0 Å². The van der Waals surface area contributed by atoms with Gasteiger partial charge in [0, 0.05) is 30.2 Å². The summed E-state index contributed by atoms with van der Waals surface area (Å²) in [7, 11) is 0. The number of aliphatic carboxylic acids is 1. The average Bonchev–Trinajstić information content (AvgIpc) is 3.38. The number of H-pyrrole nitrogens is 1. The lowest BCUT2D eigenvalue weighted by Gasteiger charge is -2.17. The van der Waals surface area contributed by atoms with Crippen molar-refractivity contribution in [2.45, 2.75) is 50.3 Å². The zero-order valence-corrected chi connectivity index (χ0v) is 19.5. The van der Waals surface area contributed by atoms with Crippen molar-refractivity contribution in [2.24, 2.45) is 5.73 Å². The molecule has 3 heterocycles. The van der Waals surface area contributed by atoms with E-state index in [4.69, 9.17) is 26.0 Å². The van der Waals surface area contributed by atoms with Gasteiger partial charge in [-0.1, -0.05) is 25.1 Å². The molecule has 0 saturated carbocycles. The average molecular weight is 504 g/mol. The van der Waals surface area contributed by atoms with Crippen molar-refractivity contribution in [3.63, 3.8) is 0 Å². The largest absolute Gasteiger partial charge is 0.481 e. The number of hydrogen-bond donors (Lipinski definition) is 6. The van der Waals surface area contributed by atoms with Crippen LogP contribution in [0.4, 0.5) is 5.82 Å². The first-order valence-corrected chi connectivity index (χ1v) is 11.2. The molecular formula is C23H29N5O8. The predicted octanol–water partition coefficient (Wildman–Crippen LogP) is -0.480. The number of ether oxygens (including phenoxy) is 2. The number of para-hydroxylation sites is 1. The Morgan fingerprint density at radius 2 is 1.94 bits per heavy atom. The number of aromatic nitrogens is 3. The first-order valence-electron chi connectivity index (χ1n) is 11.2. The fourth-order valence-electron chi connectivity index (χ4n) is 3.55. The number of nitrogens with one attached hydrogen (secondary N) is 1. The summed E-state index contributed by atoms with van der Waals surface area (Å²) >= 11 is 0. The first-order chi connectivity index (χ1) is 17.1. The number of fused-ring (bicyclic) bond motifs is 1. The van der Waals surface area contributed by atoms with E-state index >= 15 is 0 Å². The van der Waals surface area contributed by atoms with E-state index in [-0.39, 0.29) is 25.3 Å². The summed E-state index contributed by atoms with van der Waals surface area (Å²) in [6.07, 6.45) is -3.29. The van der Waals surface area contributed by atoms with Gasteiger partial charge in [0.1, 0.15) is 36.8 Å². The molecular weight excluding hydrogens is 474 g/mol. The highest BCUT2D eigenvalue weighted by Crippen LogP contribution is 2.28. The smallest absolute Gasteiger partial charge is 0.351 e. The lowest BCUT2D eigenvalue weighted by atomic mass is 10.1. The van der Waals surface area contributed by atoms with Crippen LogP contribution in [0, 0.1) is 0 Å². The fourth-order valence-corrected chi connectivity index (χ4v) is 3.55. The van der Waals surface area contributed by atoms with Crippen LogP contribution in [0.15, 0.2) is 47.4 Å². The number of carboxylic acid groups (broad SMARTS) is 1. The van der Waals surface area contributed by atoms with Crippen LogP contribution in [0.1, 0.15) is 25.3 Å². The second-order valence-electron chi connectivity index (χ2n) is 8.16. The summed E-state index contributed by atoms with van der Waals surface area (Å²) in [5.74, 6) is -1.41. The maximum atomic E-state index is 12.3. The molecule has 3 aromatic rings. The van der Waals surface area contributed by atoms with Crippen molar-refractivity contribution < 1.29 is 34.4 Å². The van der Waals surface area contributed by atoms with Crippen LogP contribution in [0.25, 0.3) is 10.9 Å². The third-order valence-corrected chi connectivity index (χ3v) is 5.48. The highest BCUT2D eigenvalue weighted by molar-refractivity contribution is 5.81. The quantitative estimate of drug-likeness (QED) is 0.226. The molecule has 1 saturated heterocycles. The molecule has 8 N–H and O–H groups in total. The van der Waals surface area contributed by atoms with Gasteiger partial charge in [-0.05, 0) is 23.6 Å². The first kappa shape index (κ1) is 26.8. The third kappa shape index (κ3) is 6.46. The van der Waals surface area contributed by atoms with Gasteiger partial charge in [-0.2, -0.15) is 4.98 Å². The van der Waals surface area contributed by atoms with E-state index in [1.165, 1.54) is 12.3 Å². The molecule has 5 atom stereocenters. The Kier molecular flexibility index (Phi) is 8.77. The summed E-state index contributed by atoms with van der Waals surface area (Å²) in [6.45, 7) is 1.26. The summed E-state index contributed by atoms with van der Waals surface area (Å²) < 4.78 is 11.7. The van der Waals surface area contributed by atoms with Crippen molar-refractivity contribution in [1.29, 1.82) is 0 Å². The maximum Gasteiger partial charge on any atom is 0.351 e. The zero-order valence-electron chi connectivity index (χ0n) is 19.5. The number of esters is 1. The summed E-state index contributed by atoms with van der Waals surface area (Å²) in [6, 6.07) is 10.0. The Labute approximate surface area is 205 Å². The Balaban J connectivity index is 0.000000658. The molecule has 4 rings (SSSR count). The number of aromatic amines is 1. The molecule has 13 heteroatoms. The van der Waals surface area contributed by atoms with Crippen molar-refractivity contribution in [3.8, 4) is 0 Å². The van der Waals surface area contributed by atoms with Crippen molar-refractivity contribution in [2.75, 3.05) is 12.3 Å². The van der Waals surface area contributed by atoms with E-state index in [0.717, 1.165) is 21.2 Å². The van der Waals surface area contributed by atoms with Gasteiger partial charge in [-0.15, -0.1) is 0 Å². The van der Waals surface area contributed by atoms with Gasteiger partial charge in [0.15, 0.2) is 6.23 Å². The van der Waals surface area contributed by atoms with Crippen LogP contribution < -0.4 is 17.2 Å². The summed E-state index contributed by atoms with van der Waals surface area (Å²) in [5, 5.41) is 29.2. The molecule has 2 aromatic heterocycles. The van der Waals surface area contributed by atoms with Gasteiger partial charge in [0.2, 0.25) is 0 Å². The molecule has 194 valence electrons. The van der Waals surface area contributed by atoms with Gasteiger partial charge in [-0.3, -0.25) is 14.2 Å². The highest BCUT2D eigenvalue weighted by Gasteiger charge is 2.44. The number of aliphatic hydroxyl groups is 2. The maximum absolute atomic E-state index is 12.3. The topological polar surface area (TPSA) is 216 Å². The van der Waals surface area contributed by atoms with Crippen molar-refractivity contribution >= 4 is 28.7 Å². The Morgan fingerprint density at radius 1 is 1.25 bits per heavy atom. The molecule has 1 fully saturated rings. The van der Waals surface area contributed by atoms with Crippen LogP contribution >= 0.6 is 0 Å². The van der Waals surface area contributed by atoms with E-state index in [0.29, 0.717) is 0 Å². The highest BCUT2D eigenvalue weighted by atomic mass is 16.6. The second kappa shape index (κ2) is 11.8. The minimum atomic E-state index is -1.42. The minimum absolute atomic E-state index is 0.0173. The number of nitrogens with zero attached hydrogens (tertiary/aromatic N) is 2. The lowest BCUT2D eigenvalue weighted by molar-refractivity contribution is -0.151. The van der Waals surface area contributed by atoms with Crippen molar-refractivity contribution in [3.05, 3.63) is 58.8 Å². The van der Waals surface area contributed by atoms with E-state index in [9.17, 15) is 24.6 Å². The summed E-state index contributed by atoms with van der Waals surface area (Å²) in [4.78, 5) is 40.4. The standard InChI is InChI=1S/C20H23N5O6.C3H6O2/c21-12(8-11-7-10-3-1-2-4-13(10)23-11)19(28)30-9-14-16(26)17(27)18(31-14)25-6-5-15(22)24-20(25)29;1-2-3(4)5/h1-7,12,14,16-18,23,26-27H,8-9,21H2,(H2,22,24,29);2H2,1H3,(H,4,5)/t12-,14-,16-,17+,18-;/m1./s1. The number of anilines is 1. The van der Waals surface area contributed by atoms with Crippen LogP contribution in [-0.2, 0) is 25.5 Å². The fraction of sp³-hybridized carbons (Fsp3) is 0.391. The molecule has 0 aliphatic carbocycles. The number of nitrogens with two attached hydrogens (primary N) is 2. The molecule has 1 aliphatic rings. The van der Waals surface area contributed by atoms with Crippen LogP contribution in [0.5, 0.6) is 0 Å². The van der Waals surface area contributed by atoms with Gasteiger partial charge < -0.3 is 41.2 Å². The van der Waals surface area contributed by atoms with E-state index < -0.39 is 48.2 Å². The number of aliphatic hydroxyl groups excluding tert-OH is 2. The molecule has 1 aromatic carbocycles. The zero-order chi connectivity index (χ0) is 26.4. The second-order valence-corrected chi connectivity index (χ2v) is 8.16. The molecule has 0 amide bonds. The molecule has 0 unspecified atom stereocenters. The molecule has 1 aliphatic heterocycles. The lowest BCUT2D eigenvalue weighted by Crippen LogP contribution is -2.39.